The number of hydrazone groups is 1. The van der Waals surface area contributed by atoms with Crippen molar-refractivity contribution in [2.45, 2.75) is 13.8 Å². The highest BCUT2D eigenvalue weighted by Gasteiger charge is 2.12. The zero-order chi connectivity index (χ0) is 23.1. The summed E-state index contributed by atoms with van der Waals surface area (Å²) in [5, 5.41) is 15.3. The van der Waals surface area contributed by atoms with E-state index in [-0.39, 0.29) is 28.8 Å². The number of nitrogens with zero attached hydrogens (tertiary/aromatic N) is 2. The summed E-state index contributed by atoms with van der Waals surface area (Å²) in [6.07, 6.45) is 1.53. The molecule has 0 saturated carbocycles. The largest absolute Gasteiger partial charge is 0.506 e. The molecule has 0 unspecified atom stereocenters. The summed E-state index contributed by atoms with van der Waals surface area (Å²) in [5.74, 6) is -0.0237. The van der Waals surface area contributed by atoms with Gasteiger partial charge in [-0.15, -0.1) is 0 Å². The first-order chi connectivity index (χ1) is 15.4. The number of carbonyl (C=O) groups is 2. The van der Waals surface area contributed by atoms with Crippen LogP contribution in [0.5, 0.6) is 11.5 Å². The number of hydrogen-bond donors (Lipinski definition) is 2. The topological polar surface area (TPSA) is 91.2 Å². The lowest BCUT2D eigenvalue weighted by Crippen LogP contribution is -2.34. The average Bonchev–Trinajstić information content (AvgIpc) is 2.80. The number of benzene rings is 3. The van der Waals surface area contributed by atoms with Gasteiger partial charge in [-0.2, -0.15) is 5.10 Å². The molecule has 0 fully saturated rings. The number of rotatable bonds is 8. The lowest BCUT2D eigenvalue weighted by molar-refractivity contribution is -0.132. The van der Waals surface area contributed by atoms with Crippen LogP contribution in [0.2, 0.25) is 5.02 Å². The average molecular weight is 454 g/mol. The molecule has 8 heteroatoms. The molecule has 0 atom stereocenters. The van der Waals surface area contributed by atoms with Crippen molar-refractivity contribution in [2.75, 3.05) is 19.7 Å². The molecule has 2 amide bonds. The van der Waals surface area contributed by atoms with Crippen molar-refractivity contribution in [3.05, 3.63) is 70.7 Å². The van der Waals surface area contributed by atoms with E-state index in [9.17, 15) is 14.7 Å². The summed E-state index contributed by atoms with van der Waals surface area (Å²) < 4.78 is 5.80. The molecule has 0 aromatic heterocycles. The maximum Gasteiger partial charge on any atom is 0.271 e. The summed E-state index contributed by atoms with van der Waals surface area (Å²) in [7, 11) is 0. The molecule has 3 aromatic carbocycles. The summed E-state index contributed by atoms with van der Waals surface area (Å²) >= 11 is 5.84. The molecule has 3 aromatic rings. The van der Waals surface area contributed by atoms with E-state index in [1.807, 2.05) is 44.2 Å². The molecule has 0 aliphatic rings. The van der Waals surface area contributed by atoms with Crippen LogP contribution in [0.3, 0.4) is 0 Å². The molecular weight excluding hydrogens is 430 g/mol. The van der Waals surface area contributed by atoms with E-state index >= 15 is 0 Å². The third-order valence-corrected chi connectivity index (χ3v) is 5.27. The van der Waals surface area contributed by atoms with E-state index < -0.39 is 5.91 Å². The number of hydrogen-bond acceptors (Lipinski definition) is 5. The standard InChI is InChI=1S/C24H24ClN3O4/c1-3-28(4-2)23(30)15-32-22-12-10-17(18-7-5-6-8-19(18)22)14-26-27-24(31)16-9-11-21(29)20(25)13-16/h5-14,29H,3-4,15H2,1-2H3,(H,27,31)/b26-14+. The number of carbonyl (C=O) groups excluding carboxylic acids is 2. The van der Waals surface area contributed by atoms with Gasteiger partial charge in [0.1, 0.15) is 11.5 Å². The minimum atomic E-state index is -0.456. The lowest BCUT2D eigenvalue weighted by atomic mass is 10.0. The van der Waals surface area contributed by atoms with Crippen LogP contribution in [-0.2, 0) is 4.79 Å². The zero-order valence-electron chi connectivity index (χ0n) is 17.8. The molecule has 32 heavy (non-hydrogen) atoms. The Hall–Kier alpha value is -3.58. The number of amides is 2. The predicted molar refractivity (Wildman–Crippen MR) is 126 cm³/mol. The molecule has 2 N–H and O–H groups in total. The number of phenolic OH excluding ortho intramolecular Hbond substituents is 1. The van der Waals surface area contributed by atoms with Crippen molar-refractivity contribution in [2.24, 2.45) is 5.10 Å². The van der Waals surface area contributed by atoms with Gasteiger partial charge < -0.3 is 14.7 Å². The van der Waals surface area contributed by atoms with Crippen LogP contribution in [0.1, 0.15) is 29.8 Å². The Labute approximate surface area is 191 Å². The maximum absolute atomic E-state index is 12.3. The van der Waals surface area contributed by atoms with Crippen LogP contribution in [0, 0.1) is 0 Å². The number of ether oxygens (including phenoxy) is 1. The maximum atomic E-state index is 12.3. The first-order valence-corrected chi connectivity index (χ1v) is 10.6. The Morgan fingerprint density at radius 1 is 1.09 bits per heavy atom. The second kappa shape index (κ2) is 10.6. The van der Waals surface area contributed by atoms with E-state index in [0.29, 0.717) is 18.8 Å². The van der Waals surface area contributed by atoms with Crippen LogP contribution in [-0.4, -0.2) is 47.7 Å². The minimum Gasteiger partial charge on any atom is -0.506 e. The molecule has 0 aliphatic carbocycles. The van der Waals surface area contributed by atoms with E-state index in [2.05, 4.69) is 10.5 Å². The zero-order valence-corrected chi connectivity index (χ0v) is 18.6. The number of fused-ring (bicyclic) bond motifs is 1. The number of nitrogens with one attached hydrogen (secondary N) is 1. The Bertz CT molecular complexity index is 1160. The van der Waals surface area contributed by atoms with Gasteiger partial charge in [-0.3, -0.25) is 9.59 Å². The first kappa shape index (κ1) is 23.1. The van der Waals surface area contributed by atoms with E-state index in [1.165, 1.54) is 24.4 Å². The SMILES string of the molecule is CCN(CC)C(=O)COc1ccc(/C=N/NC(=O)c2ccc(O)c(Cl)c2)c2ccccc12. The normalized spacial score (nSPS) is 11.0. The summed E-state index contributed by atoms with van der Waals surface area (Å²) in [6, 6.07) is 15.3. The van der Waals surface area contributed by atoms with Gasteiger partial charge in [0.05, 0.1) is 11.2 Å². The van der Waals surface area contributed by atoms with Crippen molar-refractivity contribution in [3.8, 4) is 11.5 Å². The number of likely N-dealkylation sites (N-methyl/N-ethyl adjacent to an activating group) is 1. The van der Waals surface area contributed by atoms with E-state index in [1.54, 1.807) is 11.0 Å². The monoisotopic (exact) mass is 453 g/mol. The van der Waals surface area contributed by atoms with Gasteiger partial charge in [-0.1, -0.05) is 35.9 Å². The Morgan fingerprint density at radius 3 is 2.50 bits per heavy atom. The highest BCUT2D eigenvalue weighted by molar-refractivity contribution is 6.32. The van der Waals surface area contributed by atoms with Crippen LogP contribution in [0.4, 0.5) is 0 Å². The van der Waals surface area contributed by atoms with Gasteiger partial charge in [0.25, 0.3) is 11.8 Å². The number of halogens is 1. The van der Waals surface area contributed by atoms with Crippen molar-refractivity contribution in [1.82, 2.24) is 10.3 Å². The third-order valence-electron chi connectivity index (χ3n) is 4.96. The van der Waals surface area contributed by atoms with Crippen molar-refractivity contribution in [3.63, 3.8) is 0 Å². The van der Waals surface area contributed by atoms with Crippen LogP contribution < -0.4 is 10.2 Å². The van der Waals surface area contributed by atoms with Crippen molar-refractivity contribution < 1.29 is 19.4 Å². The van der Waals surface area contributed by atoms with Crippen molar-refractivity contribution in [1.29, 1.82) is 0 Å². The van der Waals surface area contributed by atoms with Gasteiger partial charge >= 0.3 is 0 Å². The minimum absolute atomic E-state index is 0.0373. The molecule has 166 valence electrons. The highest BCUT2D eigenvalue weighted by atomic mass is 35.5. The van der Waals surface area contributed by atoms with Gasteiger partial charge in [0.15, 0.2) is 6.61 Å². The molecule has 0 bridgehead atoms. The fourth-order valence-corrected chi connectivity index (χ4v) is 3.39. The molecule has 0 saturated heterocycles. The van der Waals surface area contributed by atoms with Gasteiger partial charge in [0, 0.05) is 29.6 Å². The number of aromatic hydroxyl groups is 1. The summed E-state index contributed by atoms with van der Waals surface area (Å²) in [4.78, 5) is 26.2. The van der Waals surface area contributed by atoms with Gasteiger partial charge in [0.2, 0.25) is 0 Å². The van der Waals surface area contributed by atoms with Crippen LogP contribution >= 0.6 is 11.6 Å². The second-order valence-electron chi connectivity index (χ2n) is 6.92. The fourth-order valence-electron chi connectivity index (χ4n) is 3.21. The molecule has 0 radical (unpaired) electrons. The quantitative estimate of drug-likeness (QED) is 0.395. The number of phenols is 1. The van der Waals surface area contributed by atoms with Crippen molar-refractivity contribution >= 4 is 40.4 Å². The van der Waals surface area contributed by atoms with Crippen LogP contribution in [0.25, 0.3) is 10.8 Å². The van der Waals surface area contributed by atoms with Gasteiger partial charge in [-0.25, -0.2) is 5.43 Å². The Morgan fingerprint density at radius 2 is 1.81 bits per heavy atom. The molecular formula is C24H24ClN3O4. The Balaban J connectivity index is 1.75. The fraction of sp³-hybridized carbons (Fsp3) is 0.208. The summed E-state index contributed by atoms with van der Waals surface area (Å²) in [6.45, 7) is 5.10. The predicted octanol–water partition coefficient (Wildman–Crippen LogP) is 4.21. The second-order valence-corrected chi connectivity index (χ2v) is 7.33. The highest BCUT2D eigenvalue weighted by Crippen LogP contribution is 2.28. The molecule has 0 aliphatic heterocycles. The molecule has 0 heterocycles. The van der Waals surface area contributed by atoms with E-state index in [4.69, 9.17) is 16.3 Å². The lowest BCUT2D eigenvalue weighted by Gasteiger charge is -2.19. The molecule has 3 rings (SSSR count). The summed E-state index contributed by atoms with van der Waals surface area (Å²) in [5.41, 5.74) is 3.49. The van der Waals surface area contributed by atoms with E-state index in [0.717, 1.165) is 16.3 Å². The third kappa shape index (κ3) is 5.36. The van der Waals surface area contributed by atoms with Crippen LogP contribution in [0.15, 0.2) is 59.7 Å². The smallest absolute Gasteiger partial charge is 0.271 e. The molecule has 7 nitrogen and oxygen atoms in total. The first-order valence-electron chi connectivity index (χ1n) is 10.2. The van der Waals surface area contributed by atoms with Gasteiger partial charge in [-0.05, 0) is 49.6 Å². The Kier molecular flexibility index (Phi) is 7.68. The molecule has 0 spiro atoms.